The van der Waals surface area contributed by atoms with Crippen LogP contribution in [-0.4, -0.2) is 22.7 Å². The zero-order valence-electron chi connectivity index (χ0n) is 12.5. The Morgan fingerprint density at radius 2 is 2.09 bits per heavy atom. The molecule has 0 aliphatic heterocycles. The maximum absolute atomic E-state index is 11.9. The van der Waals surface area contributed by atoms with Gasteiger partial charge in [0.25, 0.3) is 0 Å². The van der Waals surface area contributed by atoms with Gasteiger partial charge >= 0.3 is 6.01 Å². The zero-order chi connectivity index (χ0) is 16.1. The van der Waals surface area contributed by atoms with Crippen LogP contribution in [0.3, 0.4) is 0 Å². The molecule has 3 rings (SSSR count). The molecule has 118 valence electrons. The summed E-state index contributed by atoms with van der Waals surface area (Å²) in [6.45, 7) is 2.54. The summed E-state index contributed by atoms with van der Waals surface area (Å²) in [7, 11) is 0. The third-order valence-electron chi connectivity index (χ3n) is 3.00. The fourth-order valence-corrected chi connectivity index (χ4v) is 2.69. The van der Waals surface area contributed by atoms with Gasteiger partial charge in [0.15, 0.2) is 0 Å². The zero-order valence-corrected chi connectivity index (χ0v) is 13.3. The minimum atomic E-state index is -0.186. The van der Waals surface area contributed by atoms with E-state index >= 15 is 0 Å². The van der Waals surface area contributed by atoms with E-state index < -0.39 is 0 Å². The Hall–Kier alpha value is -2.67. The molecule has 1 aromatic carbocycles. The van der Waals surface area contributed by atoms with Gasteiger partial charge in [0, 0.05) is 10.4 Å². The number of nitrogens with zero attached hydrogens (tertiary/aromatic N) is 2. The smallest absolute Gasteiger partial charge is 0.322 e. The Labute approximate surface area is 137 Å². The Morgan fingerprint density at radius 3 is 2.78 bits per heavy atom. The van der Waals surface area contributed by atoms with Gasteiger partial charge in [-0.1, -0.05) is 11.2 Å². The van der Waals surface area contributed by atoms with Crippen LogP contribution in [0.5, 0.6) is 5.75 Å². The minimum absolute atomic E-state index is 0.0930. The summed E-state index contributed by atoms with van der Waals surface area (Å²) in [5.41, 5.74) is 0.764. The summed E-state index contributed by atoms with van der Waals surface area (Å²) < 4.78 is 10.8. The topological polar surface area (TPSA) is 77.3 Å². The van der Waals surface area contributed by atoms with Crippen LogP contribution in [0.25, 0.3) is 11.5 Å². The number of nitrogens with one attached hydrogen (secondary N) is 1. The normalized spacial score (nSPS) is 10.5. The van der Waals surface area contributed by atoms with Gasteiger partial charge in [-0.2, -0.15) is 0 Å². The first-order valence-electron chi connectivity index (χ1n) is 7.13. The minimum Gasteiger partial charge on any atom is -0.494 e. The number of carbonyl (C=O) groups excluding carboxylic acids is 1. The SMILES string of the molecule is CCOc1ccc(-c2nnc(NC(=O)Cc3cccs3)o2)cc1. The van der Waals surface area contributed by atoms with E-state index in [0.29, 0.717) is 18.9 Å². The van der Waals surface area contributed by atoms with Gasteiger partial charge < -0.3 is 9.15 Å². The lowest BCUT2D eigenvalue weighted by Crippen LogP contribution is -2.13. The van der Waals surface area contributed by atoms with Crippen molar-refractivity contribution >= 4 is 23.3 Å². The number of hydrogen-bond acceptors (Lipinski definition) is 6. The number of hydrogen-bond donors (Lipinski definition) is 1. The van der Waals surface area contributed by atoms with Crippen LogP contribution in [0.1, 0.15) is 11.8 Å². The summed E-state index contributed by atoms with van der Waals surface area (Å²) in [4.78, 5) is 12.9. The van der Waals surface area contributed by atoms with E-state index in [1.165, 1.54) is 11.3 Å². The molecule has 0 aliphatic carbocycles. The lowest BCUT2D eigenvalue weighted by atomic mass is 10.2. The number of amides is 1. The van der Waals surface area contributed by atoms with Crippen LogP contribution in [0, 0.1) is 0 Å². The highest BCUT2D eigenvalue weighted by Gasteiger charge is 2.12. The Morgan fingerprint density at radius 1 is 1.26 bits per heavy atom. The molecule has 0 saturated heterocycles. The van der Waals surface area contributed by atoms with Gasteiger partial charge in [-0.3, -0.25) is 10.1 Å². The first-order chi connectivity index (χ1) is 11.2. The molecule has 0 spiro atoms. The fraction of sp³-hybridized carbons (Fsp3) is 0.188. The molecule has 1 amide bonds. The summed E-state index contributed by atoms with van der Waals surface area (Å²) in [5.74, 6) is 0.939. The number of benzene rings is 1. The van der Waals surface area contributed by atoms with Crippen molar-refractivity contribution in [1.82, 2.24) is 10.2 Å². The third kappa shape index (κ3) is 3.95. The van der Waals surface area contributed by atoms with Gasteiger partial charge in [0.2, 0.25) is 11.8 Å². The van der Waals surface area contributed by atoms with Crippen molar-refractivity contribution in [2.45, 2.75) is 13.3 Å². The maximum atomic E-state index is 11.9. The lowest BCUT2D eigenvalue weighted by molar-refractivity contribution is -0.115. The average molecular weight is 329 g/mol. The molecule has 1 N–H and O–H groups in total. The molecule has 0 unspecified atom stereocenters. The van der Waals surface area contributed by atoms with Crippen molar-refractivity contribution < 1.29 is 13.9 Å². The quantitative estimate of drug-likeness (QED) is 0.750. The van der Waals surface area contributed by atoms with Gasteiger partial charge in [-0.25, -0.2) is 0 Å². The second-order valence-electron chi connectivity index (χ2n) is 4.67. The molecule has 0 aliphatic rings. The Bertz CT molecular complexity index is 766. The molecule has 0 bridgehead atoms. The molecule has 2 heterocycles. The molecular weight excluding hydrogens is 314 g/mol. The van der Waals surface area contributed by atoms with Crippen molar-refractivity contribution in [2.75, 3.05) is 11.9 Å². The number of anilines is 1. The molecule has 2 aromatic heterocycles. The van der Waals surface area contributed by atoms with Crippen molar-refractivity contribution in [3.05, 3.63) is 46.7 Å². The summed E-state index contributed by atoms with van der Waals surface area (Å²) in [6.07, 6.45) is 0.290. The van der Waals surface area contributed by atoms with Gasteiger partial charge in [0.1, 0.15) is 5.75 Å². The summed E-state index contributed by atoms with van der Waals surface area (Å²) in [5, 5.41) is 12.3. The Balaban J connectivity index is 1.64. The average Bonchev–Trinajstić information content (AvgIpc) is 3.20. The highest BCUT2D eigenvalue weighted by atomic mass is 32.1. The maximum Gasteiger partial charge on any atom is 0.322 e. The summed E-state index contributed by atoms with van der Waals surface area (Å²) in [6, 6.07) is 11.2. The highest BCUT2D eigenvalue weighted by molar-refractivity contribution is 7.10. The first kappa shape index (κ1) is 15.2. The van der Waals surface area contributed by atoms with Crippen molar-refractivity contribution in [1.29, 1.82) is 0 Å². The molecule has 23 heavy (non-hydrogen) atoms. The molecule has 0 saturated carbocycles. The molecule has 0 radical (unpaired) electrons. The molecular formula is C16H15N3O3S. The largest absolute Gasteiger partial charge is 0.494 e. The molecule has 3 aromatic rings. The standard InChI is InChI=1S/C16H15N3O3S/c1-2-21-12-7-5-11(6-8-12)15-18-19-16(22-15)17-14(20)10-13-4-3-9-23-13/h3-9H,2,10H2,1H3,(H,17,19,20). The second-order valence-corrected chi connectivity index (χ2v) is 5.71. The first-order valence-corrected chi connectivity index (χ1v) is 8.01. The molecule has 0 fully saturated rings. The predicted octanol–water partition coefficient (Wildman–Crippen LogP) is 3.38. The van der Waals surface area contributed by atoms with E-state index in [1.807, 2.05) is 48.7 Å². The van der Waals surface area contributed by atoms with E-state index in [0.717, 1.165) is 16.2 Å². The monoisotopic (exact) mass is 329 g/mol. The number of carbonyl (C=O) groups is 1. The van der Waals surface area contributed by atoms with Crippen molar-refractivity contribution in [3.63, 3.8) is 0 Å². The van der Waals surface area contributed by atoms with E-state index in [2.05, 4.69) is 15.5 Å². The molecule has 6 nitrogen and oxygen atoms in total. The van der Waals surface area contributed by atoms with E-state index in [1.54, 1.807) is 0 Å². The molecule has 7 heteroatoms. The van der Waals surface area contributed by atoms with Crippen molar-refractivity contribution in [3.8, 4) is 17.2 Å². The third-order valence-corrected chi connectivity index (χ3v) is 3.87. The molecule has 0 atom stereocenters. The van der Waals surface area contributed by atoms with Crippen LogP contribution < -0.4 is 10.1 Å². The van der Waals surface area contributed by atoms with Crippen LogP contribution in [-0.2, 0) is 11.2 Å². The van der Waals surface area contributed by atoms with Crippen molar-refractivity contribution in [2.24, 2.45) is 0 Å². The Kier molecular flexibility index (Phi) is 4.68. The highest BCUT2D eigenvalue weighted by Crippen LogP contribution is 2.22. The van der Waals surface area contributed by atoms with Gasteiger partial charge in [-0.05, 0) is 42.6 Å². The van der Waals surface area contributed by atoms with E-state index in [-0.39, 0.29) is 11.9 Å². The van der Waals surface area contributed by atoms with Crippen LogP contribution in [0.4, 0.5) is 6.01 Å². The second kappa shape index (κ2) is 7.06. The number of rotatable bonds is 6. The van der Waals surface area contributed by atoms with Crippen LogP contribution in [0.2, 0.25) is 0 Å². The summed E-state index contributed by atoms with van der Waals surface area (Å²) >= 11 is 1.53. The lowest BCUT2D eigenvalue weighted by Gasteiger charge is -2.02. The number of ether oxygens (including phenoxy) is 1. The van der Waals surface area contributed by atoms with E-state index in [9.17, 15) is 4.79 Å². The number of aromatic nitrogens is 2. The van der Waals surface area contributed by atoms with Gasteiger partial charge in [-0.15, -0.1) is 16.4 Å². The van der Waals surface area contributed by atoms with E-state index in [4.69, 9.17) is 9.15 Å². The number of thiophene rings is 1. The van der Waals surface area contributed by atoms with Crippen LogP contribution >= 0.6 is 11.3 Å². The van der Waals surface area contributed by atoms with Crippen LogP contribution in [0.15, 0.2) is 46.2 Å². The fourth-order valence-electron chi connectivity index (χ4n) is 1.99. The van der Waals surface area contributed by atoms with Gasteiger partial charge in [0.05, 0.1) is 13.0 Å². The predicted molar refractivity (Wildman–Crippen MR) is 87.6 cm³/mol.